The van der Waals surface area contributed by atoms with Crippen LogP contribution in [0.4, 0.5) is 5.82 Å². The maximum atomic E-state index is 13.1. The molecule has 0 spiro atoms. The molecule has 0 saturated carbocycles. The lowest BCUT2D eigenvalue weighted by Gasteiger charge is -2.26. The highest BCUT2D eigenvalue weighted by Gasteiger charge is 2.33. The van der Waals surface area contributed by atoms with Gasteiger partial charge in [-0.05, 0) is 44.2 Å². The fourth-order valence-electron chi connectivity index (χ4n) is 4.19. The molecule has 1 amide bonds. The summed E-state index contributed by atoms with van der Waals surface area (Å²) in [7, 11) is 0. The molecule has 31 heavy (non-hydrogen) atoms. The van der Waals surface area contributed by atoms with Gasteiger partial charge in [-0.1, -0.05) is 50.7 Å². The first-order valence-corrected chi connectivity index (χ1v) is 12.3. The minimum atomic E-state index is -0.243. The van der Waals surface area contributed by atoms with Crippen LogP contribution in [0.15, 0.2) is 9.70 Å². The van der Waals surface area contributed by atoms with Gasteiger partial charge in [-0.25, -0.2) is 0 Å². The molecular formula is C23H30N4O2S2. The van der Waals surface area contributed by atoms with Crippen LogP contribution in [-0.4, -0.2) is 39.3 Å². The molecule has 8 heteroatoms. The maximum absolute atomic E-state index is 13.1. The number of unbranched alkanes of at least 4 members (excludes halogenated alkanes) is 2. The molecule has 0 unspecified atom stereocenters. The van der Waals surface area contributed by atoms with E-state index in [0.29, 0.717) is 27.9 Å². The fourth-order valence-corrected chi connectivity index (χ4v) is 5.48. The topological polar surface area (TPSA) is 69.3 Å². The molecule has 0 N–H and O–H groups in total. The highest BCUT2D eigenvalue weighted by molar-refractivity contribution is 8.26. The third-order valence-corrected chi connectivity index (χ3v) is 7.21. The quantitative estimate of drug-likeness (QED) is 0.326. The number of nitriles is 1. The number of thioether (sulfide) groups is 1. The van der Waals surface area contributed by atoms with Crippen LogP contribution in [0.2, 0.25) is 0 Å². The lowest BCUT2D eigenvalue weighted by Crippen LogP contribution is -2.33. The molecule has 3 rings (SSSR count). The Kier molecular flexibility index (Phi) is 7.95. The molecule has 2 aliphatic rings. The molecule has 3 heterocycles. The standard InChI is InChI=1S/C23H30N4O2S2/c1-4-6-7-13-27-22(29)19(31-23(27)30)14-17-16(3)18(15-24)21(28)26(10-5-2)20(17)25-11-8-9-12-25/h14H,4-13H2,1-3H3/b19-14+. The predicted molar refractivity (Wildman–Crippen MR) is 131 cm³/mol. The van der Waals surface area contributed by atoms with Gasteiger partial charge >= 0.3 is 0 Å². The number of amides is 1. The number of carbonyl (C=O) groups is 1. The van der Waals surface area contributed by atoms with E-state index < -0.39 is 0 Å². The number of hydrogen-bond acceptors (Lipinski definition) is 6. The fraction of sp³-hybridized carbons (Fsp3) is 0.565. The summed E-state index contributed by atoms with van der Waals surface area (Å²) in [5.74, 6) is 0.752. The smallest absolute Gasteiger partial charge is 0.270 e. The van der Waals surface area contributed by atoms with Gasteiger partial charge in [-0.15, -0.1) is 0 Å². The van der Waals surface area contributed by atoms with Crippen molar-refractivity contribution in [3.05, 3.63) is 31.9 Å². The second-order valence-electron chi connectivity index (χ2n) is 8.04. The largest absolute Gasteiger partial charge is 0.357 e. The third-order valence-electron chi connectivity index (χ3n) is 5.83. The lowest BCUT2D eigenvalue weighted by molar-refractivity contribution is -0.122. The Labute approximate surface area is 193 Å². The van der Waals surface area contributed by atoms with Crippen LogP contribution >= 0.6 is 24.0 Å². The van der Waals surface area contributed by atoms with E-state index in [1.807, 2.05) is 19.9 Å². The van der Waals surface area contributed by atoms with Crippen LogP contribution in [0, 0.1) is 18.3 Å². The zero-order valence-electron chi connectivity index (χ0n) is 18.6. The Balaban J connectivity index is 2.13. The van der Waals surface area contributed by atoms with Crippen LogP contribution in [-0.2, 0) is 11.3 Å². The number of nitrogens with zero attached hydrogens (tertiary/aromatic N) is 4. The summed E-state index contributed by atoms with van der Waals surface area (Å²) in [6.07, 6.45) is 7.84. The number of thiocarbonyl (C=S) groups is 1. The van der Waals surface area contributed by atoms with Gasteiger partial charge in [0, 0.05) is 31.7 Å². The van der Waals surface area contributed by atoms with Gasteiger partial charge in [0.05, 0.1) is 4.91 Å². The lowest BCUT2D eigenvalue weighted by atomic mass is 10.0. The van der Waals surface area contributed by atoms with Crippen molar-refractivity contribution in [2.24, 2.45) is 0 Å². The molecule has 0 bridgehead atoms. The van der Waals surface area contributed by atoms with Crippen LogP contribution in [0.5, 0.6) is 0 Å². The molecular weight excluding hydrogens is 428 g/mol. The van der Waals surface area contributed by atoms with Crippen molar-refractivity contribution in [3.63, 3.8) is 0 Å². The minimum absolute atomic E-state index is 0.0791. The average molecular weight is 459 g/mol. The molecule has 6 nitrogen and oxygen atoms in total. The second-order valence-corrected chi connectivity index (χ2v) is 9.72. The first-order valence-electron chi connectivity index (χ1n) is 11.1. The van der Waals surface area contributed by atoms with Crippen molar-refractivity contribution in [1.29, 1.82) is 5.26 Å². The summed E-state index contributed by atoms with van der Waals surface area (Å²) in [4.78, 5) is 30.6. The molecule has 0 aromatic carbocycles. The Morgan fingerprint density at radius 3 is 2.45 bits per heavy atom. The molecule has 1 aromatic rings. The molecule has 166 valence electrons. The molecule has 0 aliphatic carbocycles. The van der Waals surface area contributed by atoms with E-state index in [0.717, 1.165) is 63.0 Å². The minimum Gasteiger partial charge on any atom is -0.357 e. The van der Waals surface area contributed by atoms with Gasteiger partial charge in [0.1, 0.15) is 21.8 Å². The summed E-state index contributed by atoms with van der Waals surface area (Å²) in [6.45, 7) is 8.87. The summed E-state index contributed by atoms with van der Waals surface area (Å²) in [5.41, 5.74) is 1.34. The molecule has 0 atom stereocenters. The van der Waals surface area contributed by atoms with Crippen molar-refractivity contribution >= 4 is 46.1 Å². The predicted octanol–water partition coefficient (Wildman–Crippen LogP) is 4.43. The molecule has 2 aliphatic heterocycles. The Morgan fingerprint density at radius 2 is 1.84 bits per heavy atom. The van der Waals surface area contributed by atoms with Crippen LogP contribution in [0.3, 0.4) is 0 Å². The Morgan fingerprint density at radius 1 is 1.13 bits per heavy atom. The molecule has 1 aromatic heterocycles. The molecule has 2 fully saturated rings. The van der Waals surface area contributed by atoms with E-state index in [-0.39, 0.29) is 17.0 Å². The highest BCUT2D eigenvalue weighted by Crippen LogP contribution is 2.36. The summed E-state index contributed by atoms with van der Waals surface area (Å²) >= 11 is 6.79. The van der Waals surface area contributed by atoms with Gasteiger partial charge in [-0.2, -0.15) is 5.26 Å². The van der Waals surface area contributed by atoms with Crippen molar-refractivity contribution in [2.45, 2.75) is 65.8 Å². The molecule has 2 saturated heterocycles. The number of hydrogen-bond donors (Lipinski definition) is 0. The van der Waals surface area contributed by atoms with E-state index in [2.05, 4.69) is 17.9 Å². The Hall–Kier alpha value is -2.11. The number of anilines is 1. The van der Waals surface area contributed by atoms with Gasteiger partial charge < -0.3 is 4.90 Å². The van der Waals surface area contributed by atoms with Gasteiger partial charge in [-0.3, -0.25) is 19.1 Å². The van der Waals surface area contributed by atoms with E-state index in [1.165, 1.54) is 11.8 Å². The number of pyridine rings is 1. The third kappa shape index (κ3) is 4.73. The van der Waals surface area contributed by atoms with Crippen molar-refractivity contribution in [3.8, 4) is 6.07 Å². The Bertz CT molecular complexity index is 1000. The monoisotopic (exact) mass is 458 g/mol. The maximum Gasteiger partial charge on any atom is 0.270 e. The summed E-state index contributed by atoms with van der Waals surface area (Å²) in [6, 6.07) is 2.10. The second kappa shape index (κ2) is 10.5. The van der Waals surface area contributed by atoms with Crippen molar-refractivity contribution < 1.29 is 4.79 Å². The first kappa shape index (κ1) is 23.6. The van der Waals surface area contributed by atoms with Gasteiger partial charge in [0.25, 0.3) is 11.5 Å². The number of rotatable bonds is 8. The van der Waals surface area contributed by atoms with Crippen molar-refractivity contribution in [2.75, 3.05) is 24.5 Å². The summed E-state index contributed by atoms with van der Waals surface area (Å²) in [5, 5.41) is 9.69. The number of carbonyl (C=O) groups excluding carboxylic acids is 1. The summed E-state index contributed by atoms with van der Waals surface area (Å²) < 4.78 is 2.31. The van der Waals surface area contributed by atoms with Gasteiger partial charge in [0.15, 0.2) is 0 Å². The normalized spacial score (nSPS) is 17.8. The van der Waals surface area contributed by atoms with E-state index in [4.69, 9.17) is 12.2 Å². The highest BCUT2D eigenvalue weighted by atomic mass is 32.2. The molecule has 0 radical (unpaired) electrons. The van der Waals surface area contributed by atoms with E-state index in [9.17, 15) is 14.9 Å². The zero-order valence-corrected chi connectivity index (χ0v) is 20.2. The van der Waals surface area contributed by atoms with Gasteiger partial charge in [0.2, 0.25) is 0 Å². The van der Waals surface area contributed by atoms with Crippen LogP contribution < -0.4 is 10.5 Å². The van der Waals surface area contributed by atoms with E-state index >= 15 is 0 Å². The number of aromatic nitrogens is 1. The SMILES string of the molecule is CCCCCN1C(=O)/C(=C\c2c(C)c(C#N)c(=O)n(CCC)c2N2CCCC2)SC1=S. The first-order chi connectivity index (χ1) is 14.9. The van der Waals surface area contributed by atoms with E-state index in [1.54, 1.807) is 9.47 Å². The average Bonchev–Trinajstić information content (AvgIpc) is 3.36. The van der Waals surface area contributed by atoms with Crippen molar-refractivity contribution in [1.82, 2.24) is 9.47 Å². The van der Waals surface area contributed by atoms with Crippen LogP contribution in [0.25, 0.3) is 6.08 Å². The van der Waals surface area contributed by atoms with Crippen LogP contribution in [0.1, 0.15) is 69.1 Å². The zero-order chi connectivity index (χ0) is 22.5.